The molecule has 94 valence electrons. The van der Waals surface area contributed by atoms with E-state index in [4.69, 9.17) is 38.5 Å². The van der Waals surface area contributed by atoms with Crippen LogP contribution in [0.2, 0.25) is 0 Å². The molecule has 1 heterocycles. The third-order valence-electron chi connectivity index (χ3n) is 0.957. The van der Waals surface area contributed by atoms with Crippen LogP contribution in [0.3, 0.4) is 0 Å². The van der Waals surface area contributed by atoms with Gasteiger partial charge in [-0.3, -0.25) is 0 Å². The maximum Gasteiger partial charge on any atom is 0.466 e. The van der Waals surface area contributed by atoms with Crippen LogP contribution in [-0.4, -0.2) is 42.4 Å². The molecule has 0 bridgehead atoms. The standard InChI is InChI=1S/C4H9N.2H3O4P/c1-2-4-5-3-1;2*1-5(2,3)4/h5H,1-4H2;2*(H3,1,2,3,4). The first kappa shape index (κ1) is 17.6. The van der Waals surface area contributed by atoms with E-state index >= 15 is 0 Å². The molecular formula is C4H15NO8P2. The maximum atomic E-state index is 8.88. The Morgan fingerprint density at radius 1 is 0.733 bits per heavy atom. The van der Waals surface area contributed by atoms with E-state index in [-0.39, 0.29) is 0 Å². The van der Waals surface area contributed by atoms with E-state index in [2.05, 4.69) is 5.32 Å². The molecule has 1 aliphatic heterocycles. The highest BCUT2D eigenvalue weighted by Gasteiger charge is 2.00. The summed E-state index contributed by atoms with van der Waals surface area (Å²) in [5.41, 5.74) is 0. The molecule has 0 radical (unpaired) electrons. The molecular weight excluding hydrogens is 252 g/mol. The van der Waals surface area contributed by atoms with Gasteiger partial charge in [0.1, 0.15) is 0 Å². The van der Waals surface area contributed by atoms with E-state index in [0.29, 0.717) is 0 Å². The van der Waals surface area contributed by atoms with Crippen molar-refractivity contribution < 1.29 is 38.5 Å². The predicted molar refractivity (Wildman–Crippen MR) is 50.6 cm³/mol. The first-order chi connectivity index (χ1) is 6.50. The minimum absolute atomic E-state index is 1.25. The fraction of sp³-hybridized carbons (Fsp3) is 1.00. The highest BCUT2D eigenvalue weighted by Crippen LogP contribution is 2.26. The van der Waals surface area contributed by atoms with E-state index in [0.717, 1.165) is 0 Å². The molecule has 0 atom stereocenters. The first-order valence-electron chi connectivity index (χ1n) is 3.77. The van der Waals surface area contributed by atoms with Crippen LogP contribution in [0.1, 0.15) is 12.8 Å². The Morgan fingerprint density at radius 3 is 1.00 bits per heavy atom. The summed E-state index contributed by atoms with van der Waals surface area (Å²) in [4.78, 5) is 43.1. The van der Waals surface area contributed by atoms with Gasteiger partial charge >= 0.3 is 15.6 Å². The summed E-state index contributed by atoms with van der Waals surface area (Å²) in [6.07, 6.45) is 2.78. The van der Waals surface area contributed by atoms with E-state index in [1.54, 1.807) is 0 Å². The minimum Gasteiger partial charge on any atom is -0.317 e. The van der Waals surface area contributed by atoms with Crippen LogP contribution < -0.4 is 5.32 Å². The monoisotopic (exact) mass is 267 g/mol. The first-order valence-corrected chi connectivity index (χ1v) is 6.90. The Bertz CT molecular complexity index is 185. The number of nitrogens with one attached hydrogen (secondary N) is 1. The molecule has 15 heavy (non-hydrogen) atoms. The Hall–Kier alpha value is 0.180. The highest BCUT2D eigenvalue weighted by atomic mass is 31.2. The van der Waals surface area contributed by atoms with Crippen LogP contribution >= 0.6 is 15.6 Å². The fourth-order valence-corrected chi connectivity index (χ4v) is 0.625. The Morgan fingerprint density at radius 2 is 0.933 bits per heavy atom. The molecule has 7 N–H and O–H groups in total. The topological polar surface area (TPSA) is 168 Å². The highest BCUT2D eigenvalue weighted by molar-refractivity contribution is 7.45. The summed E-state index contributed by atoms with van der Waals surface area (Å²) in [5, 5.41) is 3.22. The molecule has 11 heteroatoms. The average Bonchev–Trinajstić information content (AvgIpc) is 2.28. The second kappa shape index (κ2) is 8.35. The minimum atomic E-state index is -4.64. The van der Waals surface area contributed by atoms with Gasteiger partial charge in [-0.1, -0.05) is 0 Å². The number of hydrogen-bond acceptors (Lipinski definition) is 3. The van der Waals surface area contributed by atoms with E-state index in [1.165, 1.54) is 25.9 Å². The summed E-state index contributed by atoms with van der Waals surface area (Å²) < 4.78 is 17.8. The third kappa shape index (κ3) is 78.4. The quantitative estimate of drug-likeness (QED) is 0.258. The van der Waals surface area contributed by atoms with Crippen LogP contribution in [0.25, 0.3) is 0 Å². The second-order valence-electron chi connectivity index (χ2n) is 2.48. The molecule has 1 rings (SSSR count). The molecule has 0 amide bonds. The van der Waals surface area contributed by atoms with Gasteiger partial charge in [-0.15, -0.1) is 0 Å². The van der Waals surface area contributed by atoms with E-state index < -0.39 is 15.6 Å². The summed E-state index contributed by atoms with van der Waals surface area (Å²) >= 11 is 0. The lowest BCUT2D eigenvalue weighted by Crippen LogP contribution is -2.03. The maximum absolute atomic E-state index is 8.88. The van der Waals surface area contributed by atoms with Gasteiger partial charge < -0.3 is 34.7 Å². The van der Waals surface area contributed by atoms with Crippen molar-refractivity contribution in [3.8, 4) is 0 Å². The van der Waals surface area contributed by atoms with Gasteiger partial charge in [0.15, 0.2) is 0 Å². The summed E-state index contributed by atoms with van der Waals surface area (Å²) in [5.74, 6) is 0. The molecule has 9 nitrogen and oxygen atoms in total. The third-order valence-corrected chi connectivity index (χ3v) is 0.957. The van der Waals surface area contributed by atoms with Gasteiger partial charge in [0.2, 0.25) is 0 Å². The van der Waals surface area contributed by atoms with Gasteiger partial charge in [0.05, 0.1) is 0 Å². The molecule has 0 aromatic rings. The molecule has 0 spiro atoms. The number of rotatable bonds is 0. The molecule has 0 aliphatic carbocycles. The van der Waals surface area contributed by atoms with Crippen LogP contribution in [0.4, 0.5) is 0 Å². The van der Waals surface area contributed by atoms with Gasteiger partial charge in [-0.25, -0.2) is 9.13 Å². The van der Waals surface area contributed by atoms with Crippen LogP contribution in [0.15, 0.2) is 0 Å². The SMILES string of the molecule is C1CCNC1.O=P(O)(O)O.O=P(O)(O)O. The van der Waals surface area contributed by atoms with Gasteiger partial charge in [-0.2, -0.15) is 0 Å². The zero-order valence-electron chi connectivity index (χ0n) is 7.72. The lowest BCUT2D eigenvalue weighted by molar-refractivity contribution is 0.272. The van der Waals surface area contributed by atoms with Crippen molar-refractivity contribution in [1.82, 2.24) is 5.32 Å². The molecule has 0 aromatic heterocycles. The largest absolute Gasteiger partial charge is 0.466 e. The van der Waals surface area contributed by atoms with Crippen molar-refractivity contribution in [2.75, 3.05) is 13.1 Å². The van der Waals surface area contributed by atoms with Crippen molar-refractivity contribution >= 4 is 15.6 Å². The number of hydrogen-bond donors (Lipinski definition) is 7. The van der Waals surface area contributed by atoms with Crippen LogP contribution in [0.5, 0.6) is 0 Å². The Balaban J connectivity index is 0. The zero-order chi connectivity index (χ0) is 12.5. The molecule has 0 saturated carbocycles. The van der Waals surface area contributed by atoms with Gasteiger partial charge in [0.25, 0.3) is 0 Å². The average molecular weight is 267 g/mol. The lowest BCUT2D eigenvalue weighted by atomic mass is 10.4. The zero-order valence-corrected chi connectivity index (χ0v) is 9.51. The summed E-state index contributed by atoms with van der Waals surface area (Å²) in [6.45, 7) is 2.50. The molecule has 0 unspecified atom stereocenters. The molecule has 1 aliphatic rings. The van der Waals surface area contributed by atoms with Crippen molar-refractivity contribution in [3.63, 3.8) is 0 Å². The Labute approximate surface area is 86.3 Å². The second-order valence-corrected chi connectivity index (χ2v) is 4.54. The molecule has 1 fully saturated rings. The number of phosphoric acid groups is 2. The predicted octanol–water partition coefficient (Wildman–Crippen LogP) is -1.49. The van der Waals surface area contributed by atoms with Gasteiger partial charge in [-0.05, 0) is 25.9 Å². The normalized spacial score (nSPS) is 15.9. The summed E-state index contributed by atoms with van der Waals surface area (Å²) in [7, 11) is -9.28. The Kier molecular flexibility index (Phi) is 9.78. The molecule has 1 saturated heterocycles. The molecule has 0 aromatic carbocycles. The van der Waals surface area contributed by atoms with Crippen molar-refractivity contribution in [3.05, 3.63) is 0 Å². The van der Waals surface area contributed by atoms with E-state index in [1.807, 2.05) is 0 Å². The lowest BCUT2D eigenvalue weighted by Gasteiger charge is -1.82. The van der Waals surface area contributed by atoms with Crippen molar-refractivity contribution in [1.29, 1.82) is 0 Å². The fourth-order valence-electron chi connectivity index (χ4n) is 0.625. The van der Waals surface area contributed by atoms with Gasteiger partial charge in [0, 0.05) is 0 Å². The smallest absolute Gasteiger partial charge is 0.317 e. The van der Waals surface area contributed by atoms with Crippen LogP contribution in [-0.2, 0) is 9.13 Å². The van der Waals surface area contributed by atoms with Crippen LogP contribution in [0, 0.1) is 0 Å². The van der Waals surface area contributed by atoms with Crippen molar-refractivity contribution in [2.45, 2.75) is 12.8 Å². The van der Waals surface area contributed by atoms with Crippen molar-refractivity contribution in [2.24, 2.45) is 0 Å². The van der Waals surface area contributed by atoms with E-state index in [9.17, 15) is 0 Å². The summed E-state index contributed by atoms with van der Waals surface area (Å²) in [6, 6.07) is 0.